The Morgan fingerprint density at radius 3 is 2.81 bits per heavy atom. The lowest BCUT2D eigenvalue weighted by Crippen LogP contribution is -2.26. The van der Waals surface area contributed by atoms with E-state index in [-0.39, 0.29) is 0 Å². The van der Waals surface area contributed by atoms with Gasteiger partial charge in [-0.25, -0.2) is 4.98 Å². The highest BCUT2D eigenvalue weighted by atomic mass is 16.5. The summed E-state index contributed by atoms with van der Waals surface area (Å²) in [6.07, 6.45) is 1.84. The smallest absolute Gasteiger partial charge is 0.171 e. The molecule has 2 fully saturated rings. The molecule has 2 atom stereocenters. The SMILES string of the molecule is COc1cccnc1N1CC2CNCC2C1. The van der Waals surface area contributed by atoms with Crippen molar-refractivity contribution in [3.8, 4) is 5.75 Å². The third kappa shape index (κ3) is 1.53. The van der Waals surface area contributed by atoms with Crippen LogP contribution < -0.4 is 15.0 Å². The van der Waals surface area contributed by atoms with Gasteiger partial charge in [0.2, 0.25) is 0 Å². The molecule has 0 spiro atoms. The fourth-order valence-electron chi connectivity index (χ4n) is 2.81. The zero-order valence-corrected chi connectivity index (χ0v) is 9.52. The minimum atomic E-state index is 0.784. The second kappa shape index (κ2) is 3.94. The summed E-state index contributed by atoms with van der Waals surface area (Å²) < 4.78 is 5.36. The number of pyridine rings is 1. The third-order valence-corrected chi connectivity index (χ3v) is 3.66. The summed E-state index contributed by atoms with van der Waals surface area (Å²) in [6, 6.07) is 3.90. The van der Waals surface area contributed by atoms with E-state index >= 15 is 0 Å². The molecule has 0 aliphatic carbocycles. The molecule has 2 saturated heterocycles. The largest absolute Gasteiger partial charge is 0.493 e. The van der Waals surface area contributed by atoms with Gasteiger partial charge < -0.3 is 15.0 Å². The molecular formula is C12H17N3O. The summed E-state index contributed by atoms with van der Waals surface area (Å²) in [5.41, 5.74) is 0. The lowest BCUT2D eigenvalue weighted by molar-refractivity contribution is 0.412. The maximum absolute atomic E-state index is 5.36. The van der Waals surface area contributed by atoms with Gasteiger partial charge in [0, 0.05) is 32.4 Å². The van der Waals surface area contributed by atoms with Gasteiger partial charge in [-0.1, -0.05) is 0 Å². The number of nitrogens with one attached hydrogen (secondary N) is 1. The highest BCUT2D eigenvalue weighted by Crippen LogP contribution is 2.33. The fourth-order valence-corrected chi connectivity index (χ4v) is 2.81. The first-order chi connectivity index (χ1) is 7.88. The summed E-state index contributed by atoms with van der Waals surface area (Å²) in [6.45, 7) is 4.50. The Kier molecular flexibility index (Phi) is 2.44. The summed E-state index contributed by atoms with van der Waals surface area (Å²) in [5, 5.41) is 3.45. The van der Waals surface area contributed by atoms with Crippen LogP contribution >= 0.6 is 0 Å². The lowest BCUT2D eigenvalue weighted by Gasteiger charge is -2.20. The molecule has 3 heterocycles. The Labute approximate surface area is 95.6 Å². The van der Waals surface area contributed by atoms with Crippen molar-refractivity contribution < 1.29 is 4.74 Å². The number of aromatic nitrogens is 1. The van der Waals surface area contributed by atoms with Crippen LogP contribution in [0.3, 0.4) is 0 Å². The maximum atomic E-state index is 5.36. The number of methoxy groups -OCH3 is 1. The molecule has 2 aliphatic heterocycles. The zero-order chi connectivity index (χ0) is 11.0. The molecule has 4 heteroatoms. The predicted octanol–water partition coefficient (Wildman–Crippen LogP) is 0.746. The Morgan fingerprint density at radius 1 is 1.38 bits per heavy atom. The summed E-state index contributed by atoms with van der Waals surface area (Å²) in [7, 11) is 1.71. The molecule has 0 amide bonds. The van der Waals surface area contributed by atoms with Gasteiger partial charge in [0.1, 0.15) is 0 Å². The summed E-state index contributed by atoms with van der Waals surface area (Å²) >= 11 is 0. The van der Waals surface area contributed by atoms with Crippen LogP contribution in [0.25, 0.3) is 0 Å². The first kappa shape index (κ1) is 9.90. The van der Waals surface area contributed by atoms with E-state index in [4.69, 9.17) is 4.74 Å². The predicted molar refractivity (Wildman–Crippen MR) is 62.9 cm³/mol. The van der Waals surface area contributed by atoms with E-state index in [1.165, 1.54) is 0 Å². The van der Waals surface area contributed by atoms with Crippen LogP contribution in [0, 0.1) is 11.8 Å². The molecule has 86 valence electrons. The molecular weight excluding hydrogens is 202 g/mol. The molecule has 2 unspecified atom stereocenters. The highest BCUT2D eigenvalue weighted by molar-refractivity contribution is 5.53. The van der Waals surface area contributed by atoms with Crippen molar-refractivity contribution in [2.75, 3.05) is 38.2 Å². The topological polar surface area (TPSA) is 37.4 Å². The van der Waals surface area contributed by atoms with Gasteiger partial charge in [-0.05, 0) is 24.0 Å². The minimum Gasteiger partial charge on any atom is -0.493 e. The minimum absolute atomic E-state index is 0.784. The quantitative estimate of drug-likeness (QED) is 0.796. The Hall–Kier alpha value is -1.29. The van der Waals surface area contributed by atoms with Crippen molar-refractivity contribution in [1.82, 2.24) is 10.3 Å². The Balaban J connectivity index is 1.83. The lowest BCUT2D eigenvalue weighted by atomic mass is 10.0. The molecule has 2 aliphatic rings. The second-order valence-electron chi connectivity index (χ2n) is 4.61. The monoisotopic (exact) mass is 219 g/mol. The van der Waals surface area contributed by atoms with Crippen molar-refractivity contribution in [2.45, 2.75) is 0 Å². The normalized spacial score (nSPS) is 28.2. The van der Waals surface area contributed by atoms with Gasteiger partial charge in [0.25, 0.3) is 0 Å². The van der Waals surface area contributed by atoms with Crippen LogP contribution in [0.5, 0.6) is 5.75 Å². The number of hydrogen-bond donors (Lipinski definition) is 1. The Bertz CT molecular complexity index is 370. The number of rotatable bonds is 2. The molecule has 16 heavy (non-hydrogen) atoms. The number of anilines is 1. The first-order valence-corrected chi connectivity index (χ1v) is 5.83. The van der Waals surface area contributed by atoms with E-state index in [0.29, 0.717) is 0 Å². The molecule has 0 aromatic carbocycles. The summed E-state index contributed by atoms with van der Waals surface area (Å²) in [4.78, 5) is 6.80. The Morgan fingerprint density at radius 2 is 2.12 bits per heavy atom. The van der Waals surface area contributed by atoms with E-state index in [1.54, 1.807) is 7.11 Å². The van der Waals surface area contributed by atoms with Crippen LogP contribution in [-0.4, -0.2) is 38.3 Å². The standard InChI is InChI=1S/C12H17N3O/c1-16-11-3-2-4-14-12(11)15-7-9-5-13-6-10(9)8-15/h2-4,9-10,13H,5-8H2,1H3. The summed E-state index contributed by atoms with van der Waals surface area (Å²) in [5.74, 6) is 3.45. The number of hydrogen-bond acceptors (Lipinski definition) is 4. The maximum Gasteiger partial charge on any atom is 0.171 e. The van der Waals surface area contributed by atoms with E-state index < -0.39 is 0 Å². The highest BCUT2D eigenvalue weighted by Gasteiger charge is 2.37. The van der Waals surface area contributed by atoms with Crippen LogP contribution in [0.4, 0.5) is 5.82 Å². The van der Waals surface area contributed by atoms with Gasteiger partial charge in [-0.2, -0.15) is 0 Å². The molecule has 1 aromatic rings. The van der Waals surface area contributed by atoms with E-state index in [2.05, 4.69) is 15.2 Å². The number of nitrogens with zero attached hydrogens (tertiary/aromatic N) is 2. The van der Waals surface area contributed by atoms with Crippen molar-refractivity contribution in [3.63, 3.8) is 0 Å². The molecule has 0 radical (unpaired) electrons. The van der Waals surface area contributed by atoms with Crippen LogP contribution in [0.2, 0.25) is 0 Å². The van der Waals surface area contributed by atoms with Crippen molar-refractivity contribution in [1.29, 1.82) is 0 Å². The number of fused-ring (bicyclic) bond motifs is 1. The van der Waals surface area contributed by atoms with Gasteiger partial charge in [-0.3, -0.25) is 0 Å². The zero-order valence-electron chi connectivity index (χ0n) is 9.52. The van der Waals surface area contributed by atoms with Crippen molar-refractivity contribution >= 4 is 5.82 Å². The van der Waals surface area contributed by atoms with Gasteiger partial charge in [-0.15, -0.1) is 0 Å². The van der Waals surface area contributed by atoms with Crippen molar-refractivity contribution in [2.24, 2.45) is 11.8 Å². The fraction of sp³-hybridized carbons (Fsp3) is 0.583. The van der Waals surface area contributed by atoms with E-state index in [1.807, 2.05) is 18.3 Å². The third-order valence-electron chi connectivity index (χ3n) is 3.66. The molecule has 3 rings (SSSR count). The van der Waals surface area contributed by atoms with E-state index in [9.17, 15) is 0 Å². The van der Waals surface area contributed by atoms with Crippen LogP contribution in [0.15, 0.2) is 18.3 Å². The average molecular weight is 219 g/mol. The van der Waals surface area contributed by atoms with Crippen LogP contribution in [0.1, 0.15) is 0 Å². The average Bonchev–Trinajstić information content (AvgIpc) is 2.89. The molecule has 0 saturated carbocycles. The number of ether oxygens (including phenoxy) is 1. The van der Waals surface area contributed by atoms with Crippen LogP contribution in [-0.2, 0) is 0 Å². The molecule has 1 N–H and O–H groups in total. The van der Waals surface area contributed by atoms with Gasteiger partial charge in [0.15, 0.2) is 11.6 Å². The molecule has 1 aromatic heterocycles. The first-order valence-electron chi connectivity index (χ1n) is 5.83. The van der Waals surface area contributed by atoms with Gasteiger partial charge in [0.05, 0.1) is 7.11 Å². The van der Waals surface area contributed by atoms with Gasteiger partial charge >= 0.3 is 0 Å². The van der Waals surface area contributed by atoms with Crippen molar-refractivity contribution in [3.05, 3.63) is 18.3 Å². The molecule has 4 nitrogen and oxygen atoms in total. The second-order valence-corrected chi connectivity index (χ2v) is 4.61. The van der Waals surface area contributed by atoms with E-state index in [0.717, 1.165) is 49.6 Å². The molecule has 0 bridgehead atoms.